The van der Waals surface area contributed by atoms with E-state index >= 15 is 0 Å². The molecule has 0 radical (unpaired) electrons. The van der Waals surface area contributed by atoms with Crippen LogP contribution in [0, 0.1) is 0 Å². The molecule has 3 rings (SSSR count). The summed E-state index contributed by atoms with van der Waals surface area (Å²) in [5.41, 5.74) is 1.45. The number of hydrogen-bond donors (Lipinski definition) is 1. The summed E-state index contributed by atoms with van der Waals surface area (Å²) in [4.78, 5) is 2.53. The Kier molecular flexibility index (Phi) is 3.81. The topological polar surface area (TPSA) is 23.5 Å². The first-order valence-corrected chi connectivity index (χ1v) is 7.23. The molecule has 1 unspecified atom stereocenters. The van der Waals surface area contributed by atoms with Crippen molar-refractivity contribution in [2.75, 3.05) is 19.7 Å². The van der Waals surface area contributed by atoms with Crippen LogP contribution in [0.2, 0.25) is 0 Å². The number of hydrogen-bond acceptors (Lipinski definition) is 2. The lowest BCUT2D eigenvalue weighted by molar-refractivity contribution is 0.214. The Hall–Kier alpha value is -1.38. The van der Waals surface area contributed by atoms with Gasteiger partial charge in [-0.3, -0.25) is 4.90 Å². The average Bonchev–Trinajstić information content (AvgIpc) is 2.92. The number of rotatable bonds is 4. The quantitative estimate of drug-likeness (QED) is 0.905. The lowest BCUT2D eigenvalue weighted by Gasteiger charge is -2.25. The zero-order valence-electron chi connectivity index (χ0n) is 11.3. The van der Waals surface area contributed by atoms with Crippen LogP contribution in [0.3, 0.4) is 0 Å². The predicted molar refractivity (Wildman–Crippen MR) is 79.2 cm³/mol. The maximum atomic E-state index is 9.03. The Morgan fingerprint density at radius 3 is 2.84 bits per heavy atom. The highest BCUT2D eigenvalue weighted by Crippen LogP contribution is 2.35. The fourth-order valence-electron chi connectivity index (χ4n) is 3.26. The molecule has 1 atom stereocenters. The van der Waals surface area contributed by atoms with Gasteiger partial charge in [0.05, 0.1) is 0 Å². The minimum absolute atomic E-state index is 0.290. The van der Waals surface area contributed by atoms with Gasteiger partial charge in [0, 0.05) is 19.2 Å². The summed E-state index contributed by atoms with van der Waals surface area (Å²) < 4.78 is 0. The highest BCUT2D eigenvalue weighted by molar-refractivity contribution is 5.86. The molecule has 1 saturated heterocycles. The molecule has 0 bridgehead atoms. The highest BCUT2D eigenvalue weighted by atomic mass is 16.3. The third kappa shape index (κ3) is 2.51. The molecule has 1 N–H and O–H groups in total. The zero-order chi connectivity index (χ0) is 13.1. The van der Waals surface area contributed by atoms with Gasteiger partial charge in [-0.2, -0.15) is 0 Å². The molecular formula is C17H21NO. The third-order valence-electron chi connectivity index (χ3n) is 4.15. The third-order valence-corrected chi connectivity index (χ3v) is 4.15. The van der Waals surface area contributed by atoms with E-state index in [0.717, 1.165) is 19.5 Å². The number of likely N-dealkylation sites (tertiary alicyclic amines) is 1. The SMILES string of the molecule is OCCCN1CCCC1c1cccc2ccccc12. The van der Waals surface area contributed by atoms with Crippen molar-refractivity contribution in [1.29, 1.82) is 0 Å². The lowest BCUT2D eigenvalue weighted by atomic mass is 9.97. The monoisotopic (exact) mass is 255 g/mol. The average molecular weight is 255 g/mol. The minimum Gasteiger partial charge on any atom is -0.396 e. The maximum Gasteiger partial charge on any atom is 0.0443 e. The Morgan fingerprint density at radius 2 is 1.95 bits per heavy atom. The van der Waals surface area contributed by atoms with Gasteiger partial charge in [-0.05, 0) is 42.1 Å². The van der Waals surface area contributed by atoms with E-state index in [0.29, 0.717) is 12.6 Å². The molecule has 2 nitrogen and oxygen atoms in total. The summed E-state index contributed by atoms with van der Waals surface area (Å²) >= 11 is 0. The molecule has 2 aromatic carbocycles. The van der Waals surface area contributed by atoms with Crippen molar-refractivity contribution in [3.05, 3.63) is 48.0 Å². The van der Waals surface area contributed by atoms with E-state index < -0.39 is 0 Å². The number of benzene rings is 2. The molecule has 1 aliphatic rings. The molecule has 0 saturated carbocycles. The highest BCUT2D eigenvalue weighted by Gasteiger charge is 2.26. The normalized spacial score (nSPS) is 20.2. The molecule has 1 fully saturated rings. The minimum atomic E-state index is 0.290. The molecule has 1 heterocycles. The van der Waals surface area contributed by atoms with Crippen molar-refractivity contribution >= 4 is 10.8 Å². The molecular weight excluding hydrogens is 234 g/mol. The van der Waals surface area contributed by atoms with Crippen LogP contribution >= 0.6 is 0 Å². The van der Waals surface area contributed by atoms with E-state index in [1.165, 1.54) is 29.2 Å². The van der Waals surface area contributed by atoms with Gasteiger partial charge in [-0.15, -0.1) is 0 Å². The summed E-state index contributed by atoms with van der Waals surface area (Å²) in [7, 11) is 0. The lowest BCUT2D eigenvalue weighted by Crippen LogP contribution is -2.25. The van der Waals surface area contributed by atoms with E-state index in [4.69, 9.17) is 5.11 Å². The van der Waals surface area contributed by atoms with Gasteiger partial charge in [-0.25, -0.2) is 0 Å². The molecule has 0 aromatic heterocycles. The van der Waals surface area contributed by atoms with Crippen LogP contribution in [0.15, 0.2) is 42.5 Å². The van der Waals surface area contributed by atoms with Gasteiger partial charge in [0.25, 0.3) is 0 Å². The molecule has 0 spiro atoms. The Labute approximate surface area is 114 Å². The van der Waals surface area contributed by atoms with Gasteiger partial charge in [0.15, 0.2) is 0 Å². The zero-order valence-corrected chi connectivity index (χ0v) is 11.3. The van der Waals surface area contributed by atoms with Gasteiger partial charge < -0.3 is 5.11 Å². The van der Waals surface area contributed by atoms with Crippen molar-refractivity contribution < 1.29 is 5.11 Å². The van der Waals surface area contributed by atoms with Gasteiger partial charge in [-0.1, -0.05) is 42.5 Å². The van der Waals surface area contributed by atoms with Gasteiger partial charge in [0.1, 0.15) is 0 Å². The predicted octanol–water partition coefficient (Wildman–Crippen LogP) is 3.36. The van der Waals surface area contributed by atoms with Crippen LogP contribution in [0.1, 0.15) is 30.9 Å². The standard InChI is InChI=1S/C17H21NO/c19-13-5-12-18-11-4-10-17(18)16-9-3-7-14-6-1-2-8-15(14)16/h1-3,6-9,17,19H,4-5,10-13H2. The van der Waals surface area contributed by atoms with Crippen molar-refractivity contribution in [1.82, 2.24) is 4.90 Å². The van der Waals surface area contributed by atoms with Crippen LogP contribution in [0.4, 0.5) is 0 Å². The summed E-state index contributed by atoms with van der Waals surface area (Å²) in [6.45, 7) is 2.46. The van der Waals surface area contributed by atoms with Gasteiger partial charge >= 0.3 is 0 Å². The fourth-order valence-corrected chi connectivity index (χ4v) is 3.26. The van der Waals surface area contributed by atoms with E-state index in [-0.39, 0.29) is 0 Å². The van der Waals surface area contributed by atoms with Crippen molar-refractivity contribution in [3.63, 3.8) is 0 Å². The fraction of sp³-hybridized carbons (Fsp3) is 0.412. The summed E-state index contributed by atoms with van der Waals surface area (Å²) in [5.74, 6) is 0. The molecule has 100 valence electrons. The largest absolute Gasteiger partial charge is 0.396 e. The number of fused-ring (bicyclic) bond motifs is 1. The molecule has 2 heteroatoms. The number of nitrogens with zero attached hydrogens (tertiary/aromatic N) is 1. The molecule has 0 amide bonds. The van der Waals surface area contributed by atoms with Crippen molar-refractivity contribution in [3.8, 4) is 0 Å². The molecule has 1 aliphatic heterocycles. The first-order chi connectivity index (χ1) is 9.40. The van der Waals surface area contributed by atoms with Crippen LogP contribution < -0.4 is 0 Å². The Bertz CT molecular complexity index is 546. The van der Waals surface area contributed by atoms with Crippen LogP contribution in [-0.4, -0.2) is 29.7 Å². The van der Waals surface area contributed by atoms with Crippen LogP contribution in [0.5, 0.6) is 0 Å². The second-order valence-electron chi connectivity index (χ2n) is 5.34. The van der Waals surface area contributed by atoms with Crippen molar-refractivity contribution in [2.24, 2.45) is 0 Å². The van der Waals surface area contributed by atoms with E-state index in [9.17, 15) is 0 Å². The summed E-state index contributed by atoms with van der Waals surface area (Å²) in [6.07, 6.45) is 3.38. The van der Waals surface area contributed by atoms with E-state index in [1.807, 2.05) is 0 Å². The van der Waals surface area contributed by atoms with Crippen LogP contribution in [-0.2, 0) is 0 Å². The first kappa shape index (κ1) is 12.6. The second-order valence-corrected chi connectivity index (χ2v) is 5.34. The number of aliphatic hydroxyl groups excluding tert-OH is 1. The first-order valence-electron chi connectivity index (χ1n) is 7.23. The molecule has 19 heavy (non-hydrogen) atoms. The van der Waals surface area contributed by atoms with E-state index in [1.54, 1.807) is 0 Å². The van der Waals surface area contributed by atoms with Crippen molar-refractivity contribution in [2.45, 2.75) is 25.3 Å². The smallest absolute Gasteiger partial charge is 0.0443 e. The second kappa shape index (κ2) is 5.72. The number of aliphatic hydroxyl groups is 1. The maximum absolute atomic E-state index is 9.03. The molecule has 2 aromatic rings. The van der Waals surface area contributed by atoms with Crippen LogP contribution in [0.25, 0.3) is 10.8 Å². The Balaban J connectivity index is 1.94. The summed E-state index contributed by atoms with van der Waals surface area (Å²) in [6, 6.07) is 15.8. The molecule has 0 aliphatic carbocycles. The van der Waals surface area contributed by atoms with Gasteiger partial charge in [0.2, 0.25) is 0 Å². The Morgan fingerprint density at radius 1 is 1.11 bits per heavy atom. The summed E-state index contributed by atoms with van der Waals surface area (Å²) in [5, 5.41) is 11.7. The van der Waals surface area contributed by atoms with E-state index in [2.05, 4.69) is 47.4 Å².